The molecule has 1 aromatic carbocycles. The number of hydrogen-bond donors (Lipinski definition) is 2. The first-order chi connectivity index (χ1) is 15.4. The van der Waals surface area contributed by atoms with Crippen molar-refractivity contribution in [3.8, 4) is 11.8 Å². The van der Waals surface area contributed by atoms with Crippen molar-refractivity contribution in [1.82, 2.24) is 10.6 Å². The summed E-state index contributed by atoms with van der Waals surface area (Å²) >= 11 is 7.30. The van der Waals surface area contributed by atoms with Gasteiger partial charge in [-0.2, -0.15) is 5.26 Å². The third kappa shape index (κ3) is 6.16. The highest BCUT2D eigenvalue weighted by Gasteiger charge is 2.44. The number of nitrogens with zero attached hydrogens (tertiary/aromatic N) is 1. The molecule has 0 aliphatic carbocycles. The molecule has 1 aromatic rings. The van der Waals surface area contributed by atoms with E-state index in [4.69, 9.17) is 25.8 Å². The molecule has 0 unspecified atom stereocenters. The molecule has 32 heavy (non-hydrogen) atoms. The van der Waals surface area contributed by atoms with Gasteiger partial charge in [-0.1, -0.05) is 29.4 Å². The first kappa shape index (κ1) is 25.5. The molecule has 0 bridgehead atoms. The molecule has 2 rings (SSSR count). The van der Waals surface area contributed by atoms with Crippen LogP contribution in [0.3, 0.4) is 0 Å². The largest absolute Gasteiger partial charge is 0.492 e. The van der Waals surface area contributed by atoms with Gasteiger partial charge < -0.3 is 24.8 Å². The Hall–Kier alpha value is -2.74. The van der Waals surface area contributed by atoms with Crippen molar-refractivity contribution in [2.45, 2.75) is 12.8 Å². The summed E-state index contributed by atoms with van der Waals surface area (Å²) in [4.78, 5) is 37.3. The Labute approximate surface area is 195 Å². The lowest BCUT2D eigenvalue weighted by Gasteiger charge is -2.31. The molecule has 2 N–H and O–H groups in total. The zero-order valence-electron chi connectivity index (χ0n) is 17.9. The van der Waals surface area contributed by atoms with Crippen molar-refractivity contribution < 1.29 is 28.6 Å². The van der Waals surface area contributed by atoms with Crippen LogP contribution in [0.15, 0.2) is 28.8 Å². The van der Waals surface area contributed by atoms with E-state index in [1.165, 1.54) is 14.2 Å². The number of benzene rings is 1. The van der Waals surface area contributed by atoms with E-state index in [0.717, 1.165) is 11.8 Å². The quantitative estimate of drug-likeness (QED) is 0.295. The maximum absolute atomic E-state index is 12.8. The zero-order chi connectivity index (χ0) is 23.7. The third-order valence-corrected chi connectivity index (χ3v) is 5.89. The van der Waals surface area contributed by atoms with Gasteiger partial charge in [-0.3, -0.25) is 14.4 Å². The molecule has 0 fully saturated rings. The molecule has 0 spiro atoms. The van der Waals surface area contributed by atoms with E-state index in [1.807, 2.05) is 6.92 Å². The Morgan fingerprint density at radius 2 is 2.09 bits per heavy atom. The lowest BCUT2D eigenvalue weighted by atomic mass is 9.78. The summed E-state index contributed by atoms with van der Waals surface area (Å²) in [6, 6.07) is 6.90. The molecule has 0 radical (unpaired) electrons. The maximum atomic E-state index is 12.8. The van der Waals surface area contributed by atoms with Gasteiger partial charge in [0.05, 0.1) is 47.8 Å². The number of halogens is 1. The molecule has 0 saturated carbocycles. The summed E-state index contributed by atoms with van der Waals surface area (Å²) in [5.41, 5.74) is 0.609. The van der Waals surface area contributed by atoms with Crippen molar-refractivity contribution in [1.29, 1.82) is 5.26 Å². The summed E-state index contributed by atoms with van der Waals surface area (Å²) in [6.07, 6.45) is 0. The summed E-state index contributed by atoms with van der Waals surface area (Å²) in [5.74, 6) is -3.53. The number of nitrogens with one attached hydrogen (secondary N) is 2. The second-order valence-corrected chi connectivity index (χ2v) is 7.97. The van der Waals surface area contributed by atoms with Gasteiger partial charge in [0.25, 0.3) is 0 Å². The molecule has 9 nitrogen and oxygen atoms in total. The molecular formula is C21H24ClN3O6S. The molecule has 0 aromatic heterocycles. The minimum Gasteiger partial charge on any atom is -0.492 e. The standard InChI is InChI=1S/C21H24ClN3O6S/c1-4-31-15-6-5-12(9-14(15)22)17-13(10-23)20(25-19(27)18(17)21(28)30-3)32-11-16(26)24-7-8-29-2/h5-6,9,17-18H,4,7-8,11H2,1-3H3,(H,24,26)(H,25,27)/t17-,18-/m0/s1. The van der Waals surface area contributed by atoms with Gasteiger partial charge in [0.2, 0.25) is 11.8 Å². The number of methoxy groups -OCH3 is 2. The molecule has 1 aliphatic rings. The highest BCUT2D eigenvalue weighted by Crippen LogP contribution is 2.41. The average Bonchev–Trinajstić information content (AvgIpc) is 2.78. The summed E-state index contributed by atoms with van der Waals surface area (Å²) in [6.45, 7) is 2.92. The summed E-state index contributed by atoms with van der Waals surface area (Å²) < 4.78 is 15.1. The second-order valence-electron chi connectivity index (χ2n) is 6.58. The number of amides is 2. The van der Waals surface area contributed by atoms with Gasteiger partial charge in [-0.25, -0.2) is 0 Å². The van der Waals surface area contributed by atoms with Gasteiger partial charge in [0.15, 0.2) is 0 Å². The minimum absolute atomic E-state index is 0.0375. The summed E-state index contributed by atoms with van der Waals surface area (Å²) in [5, 5.41) is 15.6. The van der Waals surface area contributed by atoms with E-state index in [-0.39, 0.29) is 27.3 Å². The average molecular weight is 482 g/mol. The number of hydrogen-bond acceptors (Lipinski definition) is 8. The van der Waals surface area contributed by atoms with Crippen LogP contribution in [0.1, 0.15) is 18.4 Å². The minimum atomic E-state index is -1.29. The van der Waals surface area contributed by atoms with E-state index in [2.05, 4.69) is 16.7 Å². The Morgan fingerprint density at radius 3 is 2.69 bits per heavy atom. The number of esters is 1. The van der Waals surface area contributed by atoms with E-state index in [9.17, 15) is 19.6 Å². The number of thioether (sulfide) groups is 1. The molecule has 11 heteroatoms. The highest BCUT2D eigenvalue weighted by molar-refractivity contribution is 8.03. The molecule has 1 aliphatic heterocycles. The Morgan fingerprint density at radius 1 is 1.34 bits per heavy atom. The van der Waals surface area contributed by atoms with Crippen molar-refractivity contribution in [2.75, 3.05) is 39.7 Å². The third-order valence-electron chi connectivity index (χ3n) is 4.57. The van der Waals surface area contributed by atoms with E-state index < -0.39 is 23.7 Å². The fraction of sp³-hybridized carbons (Fsp3) is 0.429. The Kier molecular flexibility index (Phi) is 9.84. The first-order valence-corrected chi connectivity index (χ1v) is 11.1. The van der Waals surface area contributed by atoms with E-state index in [0.29, 0.717) is 31.1 Å². The number of rotatable bonds is 10. The SMILES string of the molecule is CCOc1ccc([C@H]2C(C#N)=C(SCC(=O)NCCOC)NC(=O)[C@H]2C(=O)OC)cc1Cl. The number of ether oxygens (including phenoxy) is 3. The van der Waals surface area contributed by atoms with Gasteiger partial charge in [0, 0.05) is 19.6 Å². The number of allylic oxidation sites excluding steroid dienone is 1. The normalized spacial score (nSPS) is 17.9. The van der Waals surface area contributed by atoms with Crippen LogP contribution in [-0.4, -0.2) is 57.5 Å². The van der Waals surface area contributed by atoms with Crippen molar-refractivity contribution in [3.05, 3.63) is 39.4 Å². The lowest BCUT2D eigenvalue weighted by Crippen LogP contribution is -2.44. The fourth-order valence-electron chi connectivity index (χ4n) is 3.14. The van der Waals surface area contributed by atoms with Crippen LogP contribution < -0.4 is 15.4 Å². The molecule has 2 amide bonds. The number of carbonyl (C=O) groups excluding carboxylic acids is 3. The zero-order valence-corrected chi connectivity index (χ0v) is 19.5. The monoisotopic (exact) mass is 481 g/mol. The van der Waals surface area contributed by atoms with Gasteiger partial charge in [-0.15, -0.1) is 0 Å². The highest BCUT2D eigenvalue weighted by atomic mass is 35.5. The smallest absolute Gasteiger partial charge is 0.319 e. The van der Waals surface area contributed by atoms with Gasteiger partial charge in [0.1, 0.15) is 11.7 Å². The van der Waals surface area contributed by atoms with Crippen LogP contribution in [0.4, 0.5) is 0 Å². The molecule has 172 valence electrons. The van der Waals surface area contributed by atoms with Crippen LogP contribution in [0.2, 0.25) is 5.02 Å². The fourth-order valence-corrected chi connectivity index (χ4v) is 4.27. The van der Waals surface area contributed by atoms with Crippen LogP contribution in [0.25, 0.3) is 0 Å². The van der Waals surface area contributed by atoms with Gasteiger partial charge in [-0.05, 0) is 24.6 Å². The van der Waals surface area contributed by atoms with E-state index >= 15 is 0 Å². The van der Waals surface area contributed by atoms with Crippen LogP contribution in [0.5, 0.6) is 5.75 Å². The van der Waals surface area contributed by atoms with Crippen molar-refractivity contribution >= 4 is 41.1 Å². The predicted octanol–water partition coefficient (Wildman–Crippen LogP) is 1.97. The van der Waals surface area contributed by atoms with Crippen LogP contribution >= 0.6 is 23.4 Å². The molecule has 1 heterocycles. The topological polar surface area (TPSA) is 127 Å². The van der Waals surface area contributed by atoms with Gasteiger partial charge >= 0.3 is 5.97 Å². The molecule has 0 saturated heterocycles. The Balaban J connectivity index is 2.42. The van der Waals surface area contributed by atoms with Crippen molar-refractivity contribution in [3.63, 3.8) is 0 Å². The van der Waals surface area contributed by atoms with Crippen LogP contribution in [-0.2, 0) is 23.9 Å². The van der Waals surface area contributed by atoms with Crippen molar-refractivity contribution in [2.24, 2.45) is 5.92 Å². The number of nitriles is 1. The number of carbonyl (C=O) groups is 3. The second kappa shape index (κ2) is 12.3. The summed E-state index contributed by atoms with van der Waals surface area (Å²) in [7, 11) is 2.69. The molecular weight excluding hydrogens is 458 g/mol. The van der Waals surface area contributed by atoms with E-state index in [1.54, 1.807) is 18.2 Å². The lowest BCUT2D eigenvalue weighted by molar-refractivity contribution is -0.150. The Bertz CT molecular complexity index is 946. The van der Waals surface area contributed by atoms with Crippen LogP contribution in [0, 0.1) is 17.2 Å². The maximum Gasteiger partial charge on any atom is 0.319 e. The molecule has 2 atom stereocenters. The predicted molar refractivity (Wildman–Crippen MR) is 119 cm³/mol. The first-order valence-electron chi connectivity index (χ1n) is 9.71.